The number of ether oxygens (including phenoxy) is 3. The van der Waals surface area contributed by atoms with Crippen LogP contribution in [0, 0.1) is 12.8 Å². The number of H-pyrrole nitrogens is 1. The summed E-state index contributed by atoms with van der Waals surface area (Å²) in [4.78, 5) is 49.9. The van der Waals surface area contributed by atoms with Gasteiger partial charge in [-0.2, -0.15) is 4.98 Å². The van der Waals surface area contributed by atoms with Gasteiger partial charge in [0.05, 0.1) is 18.6 Å². The second-order valence-electron chi connectivity index (χ2n) is 10.2. The molecule has 218 valence electrons. The van der Waals surface area contributed by atoms with E-state index in [-0.39, 0.29) is 43.5 Å². The van der Waals surface area contributed by atoms with Crippen molar-refractivity contribution < 1.29 is 23.8 Å². The molecule has 0 fully saturated rings. The summed E-state index contributed by atoms with van der Waals surface area (Å²) in [6, 6.07) is 16.3. The highest BCUT2D eigenvalue weighted by Gasteiger charge is 2.26. The summed E-state index contributed by atoms with van der Waals surface area (Å²) in [7, 11) is 0. The van der Waals surface area contributed by atoms with Crippen LogP contribution in [0.25, 0.3) is 28.2 Å². The molecule has 2 aromatic carbocycles. The van der Waals surface area contributed by atoms with E-state index >= 15 is 0 Å². The number of aryl methyl sites for hydroxylation is 1. The van der Waals surface area contributed by atoms with E-state index in [9.17, 15) is 14.4 Å². The molecule has 2 N–H and O–H groups in total. The summed E-state index contributed by atoms with van der Waals surface area (Å²) in [5.74, 6) is -0.429. The summed E-state index contributed by atoms with van der Waals surface area (Å²) in [5.41, 5.74) is 3.95. The fraction of sp³-hybridized carbons (Fsp3) is 0.300. The van der Waals surface area contributed by atoms with Crippen molar-refractivity contribution in [1.29, 1.82) is 0 Å². The van der Waals surface area contributed by atoms with Crippen LogP contribution >= 0.6 is 0 Å². The summed E-state index contributed by atoms with van der Waals surface area (Å²) >= 11 is 0. The summed E-state index contributed by atoms with van der Waals surface area (Å²) in [6.45, 7) is 5.78. The zero-order valence-electron chi connectivity index (χ0n) is 23.6. The number of carbonyl (C=O) groups excluding carboxylic acids is 2. The minimum atomic E-state index is -0.879. The first-order valence-electron chi connectivity index (χ1n) is 13.5. The highest BCUT2D eigenvalue weighted by atomic mass is 16.6. The van der Waals surface area contributed by atoms with Crippen LogP contribution in [0.5, 0.6) is 0 Å². The molecule has 3 aromatic heterocycles. The standard InChI is InChI=1S/C30H32N6O6/c1-19(2)24(33-30(39)42-16-21-7-5-4-6-8-21)28(38)41-14-13-40-18-35-17-31-25-26(35)34-29-32-23(15-36(29)27(25)37)22-11-9-20(3)10-12-22/h4-12,15,17,19,24H,13-14,16,18H2,1-3H3,(H,32,34)(H,33,39)/t24-/m1/s1. The minimum Gasteiger partial charge on any atom is -0.462 e. The van der Waals surface area contributed by atoms with Gasteiger partial charge in [0.1, 0.15) is 26.0 Å². The Kier molecular flexibility index (Phi) is 8.63. The second-order valence-corrected chi connectivity index (χ2v) is 10.2. The third-order valence-electron chi connectivity index (χ3n) is 6.65. The number of alkyl carbamates (subject to hydrolysis) is 1. The van der Waals surface area contributed by atoms with Crippen molar-refractivity contribution in [3.8, 4) is 11.3 Å². The van der Waals surface area contributed by atoms with Gasteiger partial charge in [0.2, 0.25) is 5.78 Å². The number of amides is 1. The lowest BCUT2D eigenvalue weighted by molar-refractivity contribution is -0.149. The van der Waals surface area contributed by atoms with Gasteiger partial charge in [-0.15, -0.1) is 0 Å². The monoisotopic (exact) mass is 572 g/mol. The van der Waals surface area contributed by atoms with Crippen LogP contribution in [0.1, 0.15) is 25.0 Å². The molecule has 0 unspecified atom stereocenters. The lowest BCUT2D eigenvalue weighted by Crippen LogP contribution is -2.45. The van der Waals surface area contributed by atoms with Crippen molar-refractivity contribution in [3.05, 3.63) is 88.6 Å². The molecule has 0 bridgehead atoms. The molecule has 1 amide bonds. The predicted molar refractivity (Wildman–Crippen MR) is 155 cm³/mol. The van der Waals surface area contributed by atoms with Crippen LogP contribution in [0.2, 0.25) is 0 Å². The molecule has 1 atom stereocenters. The van der Waals surface area contributed by atoms with E-state index in [1.54, 1.807) is 24.6 Å². The molecule has 0 aliphatic heterocycles. The molecular weight excluding hydrogens is 540 g/mol. The second kappa shape index (κ2) is 12.7. The normalized spacial score (nSPS) is 12.1. The summed E-state index contributed by atoms with van der Waals surface area (Å²) in [5, 5.41) is 2.57. The molecule has 5 aromatic rings. The van der Waals surface area contributed by atoms with Crippen molar-refractivity contribution in [3.63, 3.8) is 0 Å². The largest absolute Gasteiger partial charge is 0.462 e. The molecule has 5 rings (SSSR count). The Balaban J connectivity index is 1.14. The molecule has 0 spiro atoms. The van der Waals surface area contributed by atoms with E-state index < -0.39 is 18.1 Å². The Morgan fingerprint density at radius 3 is 2.52 bits per heavy atom. The SMILES string of the molecule is Cc1ccc(-c2cn3c(=O)c4ncn(COCCOC(=O)[C@H](NC(=O)OCc5ccccc5)C(C)C)c4nc3[nH]2)cc1. The topological polar surface area (TPSA) is 142 Å². The Morgan fingerprint density at radius 1 is 1.02 bits per heavy atom. The Morgan fingerprint density at radius 2 is 1.79 bits per heavy atom. The van der Waals surface area contributed by atoms with Crippen LogP contribution in [-0.2, 0) is 32.3 Å². The number of nitrogens with zero attached hydrogens (tertiary/aromatic N) is 4. The molecule has 3 heterocycles. The number of aromatic nitrogens is 5. The van der Waals surface area contributed by atoms with Crippen molar-refractivity contribution in [2.75, 3.05) is 13.2 Å². The van der Waals surface area contributed by atoms with Gasteiger partial charge in [0.15, 0.2) is 11.2 Å². The van der Waals surface area contributed by atoms with Crippen molar-refractivity contribution in [1.82, 2.24) is 29.2 Å². The molecular formula is C30H32N6O6. The van der Waals surface area contributed by atoms with E-state index in [1.807, 2.05) is 61.5 Å². The van der Waals surface area contributed by atoms with Gasteiger partial charge < -0.3 is 24.5 Å². The molecule has 12 nitrogen and oxygen atoms in total. The molecule has 0 aliphatic rings. The van der Waals surface area contributed by atoms with E-state index in [1.165, 1.54) is 10.7 Å². The number of imidazole rings is 2. The van der Waals surface area contributed by atoms with Crippen molar-refractivity contribution >= 4 is 29.0 Å². The van der Waals surface area contributed by atoms with Crippen LogP contribution < -0.4 is 10.9 Å². The molecule has 0 saturated carbocycles. The Labute approximate surface area is 241 Å². The Hall–Kier alpha value is -4.97. The third kappa shape index (κ3) is 6.50. The predicted octanol–water partition coefficient (Wildman–Crippen LogP) is 3.82. The molecule has 42 heavy (non-hydrogen) atoms. The third-order valence-corrected chi connectivity index (χ3v) is 6.65. The van der Waals surface area contributed by atoms with E-state index in [2.05, 4.69) is 20.3 Å². The average Bonchev–Trinajstić information content (AvgIpc) is 3.60. The lowest BCUT2D eigenvalue weighted by Gasteiger charge is -2.20. The van der Waals surface area contributed by atoms with Crippen molar-refractivity contribution in [2.45, 2.75) is 40.2 Å². The van der Waals surface area contributed by atoms with E-state index in [0.717, 1.165) is 22.4 Å². The maximum atomic E-state index is 13.0. The Bertz CT molecular complexity index is 1740. The number of carbonyl (C=O) groups is 2. The van der Waals surface area contributed by atoms with E-state index in [4.69, 9.17) is 14.2 Å². The fourth-order valence-electron chi connectivity index (χ4n) is 4.32. The first kappa shape index (κ1) is 28.6. The number of esters is 1. The van der Waals surface area contributed by atoms with Gasteiger partial charge in [0.25, 0.3) is 5.56 Å². The van der Waals surface area contributed by atoms with Gasteiger partial charge >= 0.3 is 12.1 Å². The van der Waals surface area contributed by atoms with Crippen LogP contribution in [0.3, 0.4) is 0 Å². The van der Waals surface area contributed by atoms with Crippen molar-refractivity contribution in [2.24, 2.45) is 5.92 Å². The molecule has 12 heteroatoms. The van der Waals surface area contributed by atoms with Gasteiger partial charge in [-0.3, -0.25) is 9.36 Å². The van der Waals surface area contributed by atoms with Crippen LogP contribution in [0.15, 0.2) is 71.9 Å². The van der Waals surface area contributed by atoms with Crippen LogP contribution in [0.4, 0.5) is 4.79 Å². The number of nitrogens with one attached hydrogen (secondary N) is 2. The van der Waals surface area contributed by atoms with Gasteiger partial charge in [0, 0.05) is 6.20 Å². The number of fused-ring (bicyclic) bond motifs is 2. The quantitative estimate of drug-likeness (QED) is 0.180. The first-order chi connectivity index (χ1) is 20.3. The zero-order chi connectivity index (χ0) is 29.6. The zero-order valence-corrected chi connectivity index (χ0v) is 23.6. The van der Waals surface area contributed by atoms with Gasteiger partial charge in [-0.1, -0.05) is 74.0 Å². The minimum absolute atomic E-state index is 0.0354. The highest BCUT2D eigenvalue weighted by Crippen LogP contribution is 2.19. The molecule has 0 aliphatic carbocycles. The highest BCUT2D eigenvalue weighted by molar-refractivity contribution is 5.81. The van der Waals surface area contributed by atoms with E-state index in [0.29, 0.717) is 11.4 Å². The lowest BCUT2D eigenvalue weighted by atomic mass is 10.1. The maximum Gasteiger partial charge on any atom is 0.408 e. The average molecular weight is 573 g/mol. The summed E-state index contributed by atoms with van der Waals surface area (Å²) < 4.78 is 19.2. The summed E-state index contributed by atoms with van der Waals surface area (Å²) in [6.07, 6.45) is 2.48. The molecule has 0 saturated heterocycles. The fourth-order valence-corrected chi connectivity index (χ4v) is 4.32. The van der Waals surface area contributed by atoms with Crippen LogP contribution in [-0.4, -0.2) is 55.2 Å². The first-order valence-corrected chi connectivity index (χ1v) is 13.5. The molecule has 0 radical (unpaired) electrons. The number of rotatable bonds is 11. The smallest absolute Gasteiger partial charge is 0.408 e. The number of benzene rings is 2. The maximum absolute atomic E-state index is 13.0. The number of hydrogen-bond acceptors (Lipinski definition) is 8. The number of hydrogen-bond donors (Lipinski definition) is 2. The number of aromatic amines is 1. The van der Waals surface area contributed by atoms with Gasteiger partial charge in [-0.25, -0.2) is 19.0 Å². The van der Waals surface area contributed by atoms with Gasteiger partial charge in [-0.05, 0) is 24.0 Å².